The molecule has 7 nitrogen and oxygen atoms in total. The number of amides is 2. The Balaban J connectivity index is 1.61. The highest BCUT2D eigenvalue weighted by atomic mass is 32.2. The minimum absolute atomic E-state index is 0.0558. The Kier molecular flexibility index (Phi) is 6.84. The fourth-order valence-corrected chi connectivity index (χ4v) is 3.96. The molecule has 3 rings (SSSR count). The quantitative estimate of drug-likeness (QED) is 0.715. The summed E-state index contributed by atoms with van der Waals surface area (Å²) >= 11 is 0.337. The van der Waals surface area contributed by atoms with Gasteiger partial charge in [-0.05, 0) is 57.5 Å². The normalized spacial score (nSPS) is 15.6. The molecule has 2 amide bonds. The van der Waals surface area contributed by atoms with Crippen molar-refractivity contribution in [3.63, 3.8) is 0 Å². The van der Waals surface area contributed by atoms with E-state index in [2.05, 4.69) is 10.3 Å². The summed E-state index contributed by atoms with van der Waals surface area (Å²) in [5, 5.41) is 2.96. The molecule has 2 aromatic rings. The van der Waals surface area contributed by atoms with Crippen molar-refractivity contribution in [3.8, 4) is 0 Å². The van der Waals surface area contributed by atoms with Crippen LogP contribution >= 0.6 is 11.8 Å². The van der Waals surface area contributed by atoms with Crippen LogP contribution in [0.2, 0.25) is 0 Å². The largest absolute Gasteiger partial charge is 0.444 e. The van der Waals surface area contributed by atoms with Crippen LogP contribution < -0.4 is 5.32 Å². The highest BCUT2D eigenvalue weighted by Crippen LogP contribution is 2.28. The number of hydrogen-bond donors (Lipinski definition) is 1. The average Bonchev–Trinajstić information content (AvgIpc) is 2.97. The van der Waals surface area contributed by atoms with E-state index in [1.807, 2.05) is 0 Å². The van der Waals surface area contributed by atoms with Gasteiger partial charge in [-0.1, -0.05) is 12.1 Å². The second-order valence-electron chi connectivity index (χ2n) is 8.15. The summed E-state index contributed by atoms with van der Waals surface area (Å²) < 4.78 is 32.7. The molecule has 10 heteroatoms. The van der Waals surface area contributed by atoms with Gasteiger partial charge in [0.2, 0.25) is 5.91 Å². The van der Waals surface area contributed by atoms with E-state index < -0.39 is 17.5 Å². The van der Waals surface area contributed by atoms with E-state index in [-0.39, 0.29) is 23.7 Å². The molecule has 0 spiro atoms. The Hall–Kier alpha value is -2.36. The molecule has 30 heavy (non-hydrogen) atoms. The number of fused-ring (bicyclic) bond motifs is 1. The zero-order chi connectivity index (χ0) is 21.9. The van der Waals surface area contributed by atoms with Gasteiger partial charge in [0, 0.05) is 19.1 Å². The number of carbonyl (C=O) groups excluding carboxylic acids is 2. The van der Waals surface area contributed by atoms with Crippen molar-refractivity contribution in [2.45, 2.75) is 62.7 Å². The first-order chi connectivity index (χ1) is 14.1. The molecular formula is C20H26F2N4O3S. The predicted molar refractivity (Wildman–Crippen MR) is 111 cm³/mol. The number of nitrogens with zero attached hydrogens (tertiary/aromatic N) is 3. The van der Waals surface area contributed by atoms with E-state index >= 15 is 0 Å². The molecule has 0 radical (unpaired) electrons. The lowest BCUT2D eigenvalue weighted by Crippen LogP contribution is -2.48. The summed E-state index contributed by atoms with van der Waals surface area (Å²) in [4.78, 5) is 30.7. The van der Waals surface area contributed by atoms with Crippen molar-refractivity contribution in [1.29, 1.82) is 0 Å². The molecule has 1 fully saturated rings. The molecule has 0 aliphatic carbocycles. The lowest BCUT2D eigenvalue weighted by atomic mass is 10.1. The lowest BCUT2D eigenvalue weighted by molar-refractivity contribution is -0.133. The Morgan fingerprint density at radius 2 is 1.93 bits per heavy atom. The van der Waals surface area contributed by atoms with E-state index in [0.717, 1.165) is 0 Å². The minimum atomic E-state index is -2.62. The summed E-state index contributed by atoms with van der Waals surface area (Å²) in [6, 6.07) is 7.00. The number of para-hydroxylation sites is 2. The number of alkyl carbamates (subject to hydrolysis) is 1. The maximum atomic E-state index is 12.9. The van der Waals surface area contributed by atoms with Crippen LogP contribution in [0.15, 0.2) is 29.4 Å². The van der Waals surface area contributed by atoms with Crippen LogP contribution in [0.3, 0.4) is 0 Å². The summed E-state index contributed by atoms with van der Waals surface area (Å²) in [5.41, 5.74) is 0.659. The predicted octanol–water partition coefficient (Wildman–Crippen LogP) is 3.87. The second-order valence-corrected chi connectivity index (χ2v) is 9.11. The number of ether oxygens (including phenoxy) is 1. The van der Waals surface area contributed by atoms with Crippen LogP contribution in [-0.4, -0.2) is 56.9 Å². The number of benzene rings is 1. The van der Waals surface area contributed by atoms with Gasteiger partial charge in [-0.3, -0.25) is 4.79 Å². The molecule has 1 aromatic heterocycles. The number of alkyl halides is 2. The molecule has 2 heterocycles. The first kappa shape index (κ1) is 22.3. The fraction of sp³-hybridized carbons (Fsp3) is 0.550. The molecule has 0 bridgehead atoms. The van der Waals surface area contributed by atoms with Gasteiger partial charge >= 0.3 is 6.09 Å². The SMILES string of the molecule is CC(C)(C)OC(=O)NC1CCN(C(=O)Cn2c(SC(F)F)nc3ccccc32)CC1. The Bertz CT molecular complexity index is 905. The maximum absolute atomic E-state index is 12.9. The zero-order valence-electron chi connectivity index (χ0n) is 17.2. The van der Waals surface area contributed by atoms with Crippen LogP contribution in [-0.2, 0) is 16.1 Å². The fourth-order valence-electron chi connectivity index (χ4n) is 3.36. The molecule has 1 saturated heterocycles. The van der Waals surface area contributed by atoms with Crippen molar-refractivity contribution < 1.29 is 23.1 Å². The Morgan fingerprint density at radius 1 is 1.27 bits per heavy atom. The first-order valence-electron chi connectivity index (χ1n) is 9.80. The van der Waals surface area contributed by atoms with E-state index in [4.69, 9.17) is 4.74 Å². The molecular weight excluding hydrogens is 414 g/mol. The van der Waals surface area contributed by atoms with Crippen molar-refractivity contribution in [3.05, 3.63) is 24.3 Å². The van der Waals surface area contributed by atoms with Gasteiger partial charge in [-0.2, -0.15) is 8.78 Å². The molecule has 1 N–H and O–H groups in total. The summed E-state index contributed by atoms with van der Waals surface area (Å²) in [5.74, 6) is -2.78. The summed E-state index contributed by atoms with van der Waals surface area (Å²) in [6.45, 7) is 6.29. The number of likely N-dealkylation sites (tertiary alicyclic amines) is 1. The van der Waals surface area contributed by atoms with Crippen LogP contribution in [0, 0.1) is 0 Å². The second kappa shape index (κ2) is 9.20. The van der Waals surface area contributed by atoms with Crippen molar-refractivity contribution >= 4 is 34.8 Å². The maximum Gasteiger partial charge on any atom is 0.407 e. The van der Waals surface area contributed by atoms with Gasteiger partial charge < -0.3 is 19.5 Å². The van der Waals surface area contributed by atoms with Crippen LogP contribution in [0.4, 0.5) is 13.6 Å². The summed E-state index contributed by atoms with van der Waals surface area (Å²) in [7, 11) is 0. The third-order valence-corrected chi connectivity index (χ3v) is 5.38. The van der Waals surface area contributed by atoms with E-state index in [0.29, 0.717) is 48.7 Å². The Labute approximate surface area is 178 Å². The number of rotatable bonds is 5. The monoisotopic (exact) mass is 440 g/mol. The van der Waals surface area contributed by atoms with Gasteiger partial charge in [0.05, 0.1) is 11.0 Å². The molecule has 1 aliphatic rings. The van der Waals surface area contributed by atoms with Gasteiger partial charge in [0.25, 0.3) is 5.76 Å². The van der Waals surface area contributed by atoms with Gasteiger partial charge in [-0.15, -0.1) is 0 Å². The number of imidazole rings is 1. The Morgan fingerprint density at radius 3 is 2.57 bits per heavy atom. The standard InChI is InChI=1S/C20H26F2N4O3S/c1-20(2,3)29-19(28)23-13-8-10-25(11-9-13)16(27)12-26-15-7-5-4-6-14(15)24-18(26)30-17(21)22/h4-7,13,17H,8-12H2,1-3H3,(H,23,28). The van der Waals surface area contributed by atoms with E-state index in [1.165, 1.54) is 0 Å². The summed E-state index contributed by atoms with van der Waals surface area (Å²) in [6.07, 6.45) is 0.744. The van der Waals surface area contributed by atoms with Gasteiger partial charge in [0.15, 0.2) is 5.16 Å². The number of hydrogen-bond acceptors (Lipinski definition) is 5. The number of thioether (sulfide) groups is 1. The molecule has 1 aromatic carbocycles. The lowest BCUT2D eigenvalue weighted by Gasteiger charge is -2.33. The third-order valence-electron chi connectivity index (χ3n) is 4.68. The third kappa shape index (κ3) is 5.84. The van der Waals surface area contributed by atoms with E-state index in [9.17, 15) is 18.4 Å². The van der Waals surface area contributed by atoms with Crippen LogP contribution in [0.1, 0.15) is 33.6 Å². The van der Waals surface area contributed by atoms with Crippen molar-refractivity contribution in [2.75, 3.05) is 13.1 Å². The van der Waals surface area contributed by atoms with Crippen molar-refractivity contribution in [1.82, 2.24) is 19.8 Å². The van der Waals surface area contributed by atoms with Crippen LogP contribution in [0.25, 0.3) is 11.0 Å². The molecule has 0 atom stereocenters. The van der Waals surface area contributed by atoms with E-state index in [1.54, 1.807) is 54.5 Å². The average molecular weight is 441 g/mol. The van der Waals surface area contributed by atoms with Gasteiger partial charge in [-0.25, -0.2) is 9.78 Å². The zero-order valence-corrected chi connectivity index (χ0v) is 18.0. The minimum Gasteiger partial charge on any atom is -0.444 e. The topological polar surface area (TPSA) is 76.5 Å². The number of piperidine rings is 1. The highest BCUT2D eigenvalue weighted by Gasteiger charge is 2.27. The molecule has 1 aliphatic heterocycles. The number of nitrogens with one attached hydrogen (secondary N) is 1. The number of aromatic nitrogens is 2. The molecule has 0 saturated carbocycles. The van der Waals surface area contributed by atoms with Gasteiger partial charge in [0.1, 0.15) is 12.1 Å². The number of carbonyl (C=O) groups is 2. The van der Waals surface area contributed by atoms with Crippen LogP contribution in [0.5, 0.6) is 0 Å². The highest BCUT2D eigenvalue weighted by molar-refractivity contribution is 7.99. The smallest absolute Gasteiger partial charge is 0.407 e. The van der Waals surface area contributed by atoms with Crippen molar-refractivity contribution in [2.24, 2.45) is 0 Å². The molecule has 0 unspecified atom stereocenters. The first-order valence-corrected chi connectivity index (χ1v) is 10.7. The molecule has 164 valence electrons. The number of halogens is 2.